The molecule has 0 fully saturated rings. The monoisotopic (exact) mass is 797 g/mol. The molecule has 1 radical (unpaired) electrons. The van der Waals surface area contributed by atoms with E-state index < -0.39 is 0 Å². The number of aromatic amines is 2. The summed E-state index contributed by atoms with van der Waals surface area (Å²) in [6.07, 6.45) is 8.05. The minimum absolute atomic E-state index is 0. The van der Waals surface area contributed by atoms with Gasteiger partial charge in [0.1, 0.15) is 0 Å². The van der Waals surface area contributed by atoms with Gasteiger partial charge < -0.3 is 28.9 Å². The van der Waals surface area contributed by atoms with Crippen molar-refractivity contribution in [3.8, 4) is 23.0 Å². The van der Waals surface area contributed by atoms with E-state index in [1.54, 1.807) is 52.7 Å². The Hall–Kier alpha value is -6.81. The van der Waals surface area contributed by atoms with E-state index >= 15 is 0 Å². The number of aromatic nitrogens is 4. The first-order valence-corrected chi connectivity index (χ1v) is 17.6. The van der Waals surface area contributed by atoms with Gasteiger partial charge in [-0.3, -0.25) is 0 Å². The Balaban J connectivity index is 0.000000180. The van der Waals surface area contributed by atoms with Gasteiger partial charge in [-0.2, -0.15) is 72.8 Å². The van der Waals surface area contributed by atoms with Crippen molar-refractivity contribution in [1.29, 1.82) is 0 Å². The summed E-state index contributed by atoms with van der Waals surface area (Å²) in [6.45, 7) is 0. The Morgan fingerprint density at radius 3 is 0.912 bits per heavy atom. The summed E-state index contributed by atoms with van der Waals surface area (Å²) in [7, 11) is 6.57. The molecular formula is C48H42CoN4O4-4. The molecule has 57 heavy (non-hydrogen) atoms. The molecule has 0 saturated heterocycles. The van der Waals surface area contributed by atoms with Crippen LogP contribution in [0.3, 0.4) is 0 Å². The summed E-state index contributed by atoms with van der Waals surface area (Å²) < 4.78 is 19.5. The van der Waals surface area contributed by atoms with Gasteiger partial charge in [0.05, 0.1) is 51.2 Å². The zero-order valence-corrected chi connectivity index (χ0v) is 33.1. The summed E-state index contributed by atoms with van der Waals surface area (Å²) in [6, 6.07) is 57.6. The number of fused-ring (bicyclic) bond motifs is 8. The molecule has 0 unspecified atom stereocenters. The summed E-state index contributed by atoms with van der Waals surface area (Å²) >= 11 is 0. The van der Waals surface area contributed by atoms with Gasteiger partial charge in [-0.05, 0) is 72.8 Å². The van der Waals surface area contributed by atoms with Gasteiger partial charge in [0.15, 0.2) is 0 Å². The van der Waals surface area contributed by atoms with Crippen molar-refractivity contribution in [1.82, 2.24) is 19.9 Å². The minimum Gasteiger partial charge on any atom is -0.554 e. The molecule has 2 N–H and O–H groups in total. The molecule has 2 aliphatic heterocycles. The fraction of sp³-hybridized carbons (Fsp3) is 0.0833. The second kappa shape index (κ2) is 23.9. The third-order valence-corrected chi connectivity index (χ3v) is 7.70. The van der Waals surface area contributed by atoms with Crippen LogP contribution in [0.25, 0.3) is 46.4 Å². The largest absolute Gasteiger partial charge is 0.554 e. The molecule has 0 aliphatic carbocycles. The van der Waals surface area contributed by atoms with Crippen LogP contribution in [-0.4, -0.2) is 48.4 Å². The van der Waals surface area contributed by atoms with E-state index in [9.17, 15) is 0 Å². The van der Waals surface area contributed by atoms with Crippen LogP contribution in [0, 0.1) is 24.3 Å². The number of hydrogen-bond donors (Lipinski definition) is 2. The Labute approximate surface area is 344 Å². The van der Waals surface area contributed by atoms with Crippen LogP contribution in [0.15, 0.2) is 146 Å². The molecule has 7 aromatic rings. The smallest absolute Gasteiger partial charge is 0.0659 e. The first kappa shape index (κ1) is 42.9. The van der Waals surface area contributed by atoms with Crippen LogP contribution < -0.4 is 18.9 Å². The van der Waals surface area contributed by atoms with Gasteiger partial charge in [0, 0.05) is 61.8 Å². The number of rotatable bonds is 4. The first-order valence-electron chi connectivity index (χ1n) is 17.6. The third kappa shape index (κ3) is 15.1. The van der Waals surface area contributed by atoms with Gasteiger partial charge in [0.25, 0.3) is 0 Å². The van der Waals surface area contributed by atoms with E-state index in [1.165, 1.54) is 0 Å². The van der Waals surface area contributed by atoms with E-state index in [4.69, 9.17) is 18.9 Å². The number of benzene rings is 4. The topological polar surface area (TPSA) is 94.3 Å². The van der Waals surface area contributed by atoms with E-state index in [0.717, 1.165) is 67.8 Å². The summed E-state index contributed by atoms with van der Waals surface area (Å²) in [4.78, 5) is 16.0. The molecule has 8 nitrogen and oxygen atoms in total. The van der Waals surface area contributed by atoms with Crippen LogP contribution in [0.2, 0.25) is 0 Å². The SMILES string of the molecule is C1=Cc2cc3ccc(cc4ccc(cc5nc(cc1n2)C=C5)[nH]4)[nH]3.COc1c[c-]ccc1.COc1c[c-]ccc1.COc1c[c-]ccc1.COc1c[c-]ccc1.[Co]. The Kier molecular flexibility index (Phi) is 18.0. The molecule has 9 heteroatoms. The number of methoxy groups -OCH3 is 4. The van der Waals surface area contributed by atoms with Crippen LogP contribution in [0.1, 0.15) is 22.8 Å². The van der Waals surface area contributed by atoms with Crippen molar-refractivity contribution in [3.05, 3.63) is 193 Å². The summed E-state index contributed by atoms with van der Waals surface area (Å²) in [5, 5.41) is 0. The van der Waals surface area contributed by atoms with E-state index in [1.807, 2.05) is 115 Å². The molecule has 0 amide bonds. The Morgan fingerprint density at radius 1 is 0.386 bits per heavy atom. The number of H-pyrrole nitrogens is 2. The molecule has 8 bridgehead atoms. The average Bonchev–Trinajstić information content (AvgIpc) is 4.10. The number of nitrogens with zero attached hydrogens (tertiary/aromatic N) is 2. The van der Waals surface area contributed by atoms with Gasteiger partial charge in [-0.15, -0.1) is 48.5 Å². The van der Waals surface area contributed by atoms with E-state index in [0.29, 0.717) is 0 Å². The average molecular weight is 798 g/mol. The van der Waals surface area contributed by atoms with Crippen molar-refractivity contribution in [3.63, 3.8) is 0 Å². The van der Waals surface area contributed by atoms with E-state index in [-0.39, 0.29) is 16.8 Å². The number of nitrogens with one attached hydrogen (secondary N) is 2. The maximum atomic E-state index is 4.88. The maximum absolute atomic E-state index is 4.88. The molecule has 3 aromatic heterocycles. The molecule has 4 aromatic carbocycles. The van der Waals surface area contributed by atoms with Crippen molar-refractivity contribution < 1.29 is 35.7 Å². The zero-order chi connectivity index (χ0) is 39.2. The quantitative estimate of drug-likeness (QED) is 0.172. The molecule has 5 heterocycles. The third-order valence-electron chi connectivity index (χ3n) is 7.70. The Morgan fingerprint density at radius 2 is 0.667 bits per heavy atom. The molecule has 0 spiro atoms. The van der Waals surface area contributed by atoms with Gasteiger partial charge in [-0.1, -0.05) is 0 Å². The van der Waals surface area contributed by atoms with Gasteiger partial charge in [-0.25, -0.2) is 9.97 Å². The fourth-order valence-corrected chi connectivity index (χ4v) is 4.96. The molecular weight excluding hydrogens is 755 g/mol. The van der Waals surface area contributed by atoms with Crippen molar-refractivity contribution >= 4 is 46.4 Å². The standard InChI is InChI=1S/C20H14N4.4C7H7O.Co/c1-2-14-10-16-5-6-18(23-16)12-20-8-7-19(24-20)11-17-4-3-15(22-17)9-13(1)21-14;4*1-8-7-5-3-2-4-6-7;/h1-12,21-22H;4*2-3,5-6H,1H3;/q;4*-1;. The van der Waals surface area contributed by atoms with Crippen LogP contribution in [-0.2, 0) is 16.8 Å². The van der Waals surface area contributed by atoms with Crippen molar-refractivity contribution in [2.45, 2.75) is 0 Å². The second-order valence-electron chi connectivity index (χ2n) is 11.7. The van der Waals surface area contributed by atoms with Crippen LogP contribution in [0.5, 0.6) is 23.0 Å². The summed E-state index contributed by atoms with van der Waals surface area (Å²) in [5.74, 6) is 3.42. The molecule has 0 atom stereocenters. The maximum Gasteiger partial charge on any atom is 0.0659 e. The number of hydrogen-bond acceptors (Lipinski definition) is 6. The fourth-order valence-electron chi connectivity index (χ4n) is 4.96. The molecule has 0 saturated carbocycles. The minimum atomic E-state index is 0. The van der Waals surface area contributed by atoms with Crippen LogP contribution >= 0.6 is 0 Å². The first-order chi connectivity index (χ1) is 27.5. The van der Waals surface area contributed by atoms with E-state index in [2.05, 4.69) is 74.5 Å². The van der Waals surface area contributed by atoms with Crippen molar-refractivity contribution in [2.75, 3.05) is 28.4 Å². The number of ether oxygens (including phenoxy) is 4. The Bertz CT molecular complexity index is 2170. The normalized spacial score (nSPS) is 10.2. The summed E-state index contributed by atoms with van der Waals surface area (Å²) in [5.41, 5.74) is 7.86. The predicted octanol–water partition coefficient (Wildman–Crippen LogP) is 10.6. The molecule has 9 rings (SSSR count). The van der Waals surface area contributed by atoms with Gasteiger partial charge in [0.2, 0.25) is 0 Å². The molecule has 2 aliphatic rings. The van der Waals surface area contributed by atoms with Gasteiger partial charge >= 0.3 is 0 Å². The predicted molar refractivity (Wildman–Crippen MR) is 226 cm³/mol. The van der Waals surface area contributed by atoms with Crippen molar-refractivity contribution in [2.24, 2.45) is 0 Å². The van der Waals surface area contributed by atoms with Crippen LogP contribution in [0.4, 0.5) is 0 Å². The molecule has 291 valence electrons. The zero-order valence-electron chi connectivity index (χ0n) is 32.0. The second-order valence-corrected chi connectivity index (χ2v) is 11.7.